The molecule has 0 aromatic carbocycles. The van der Waals surface area contributed by atoms with Crippen molar-refractivity contribution in [2.75, 3.05) is 5.33 Å². The molecule has 0 aliphatic carbocycles. The normalized spacial score (nSPS) is 10.0. The van der Waals surface area contributed by atoms with Gasteiger partial charge in [-0.15, -0.1) is 0 Å². The second-order valence-electron chi connectivity index (χ2n) is 2.56. The largest absolute Gasteiger partial charge is 0.261 e. The number of pyridine rings is 1. The van der Waals surface area contributed by atoms with E-state index in [-0.39, 0.29) is 0 Å². The van der Waals surface area contributed by atoms with Crippen LogP contribution in [0.25, 0.3) is 0 Å². The highest BCUT2D eigenvalue weighted by Gasteiger charge is 1.96. The summed E-state index contributed by atoms with van der Waals surface area (Å²) in [4.78, 5) is 4.29. The molecule has 0 aliphatic heterocycles. The van der Waals surface area contributed by atoms with Crippen molar-refractivity contribution in [2.24, 2.45) is 0 Å². The van der Waals surface area contributed by atoms with Gasteiger partial charge in [-0.3, -0.25) is 4.98 Å². The van der Waals surface area contributed by atoms with Crippen molar-refractivity contribution in [3.8, 4) is 0 Å². The van der Waals surface area contributed by atoms with Gasteiger partial charge in [0.1, 0.15) is 0 Å². The van der Waals surface area contributed by atoms with Gasteiger partial charge in [0.25, 0.3) is 0 Å². The van der Waals surface area contributed by atoms with Gasteiger partial charge in [-0.25, -0.2) is 0 Å². The Balaban J connectivity index is 2.62. The molecule has 0 atom stereocenters. The van der Waals surface area contributed by atoms with Crippen molar-refractivity contribution in [1.29, 1.82) is 0 Å². The molecule has 60 valence electrons. The van der Waals surface area contributed by atoms with E-state index in [4.69, 9.17) is 0 Å². The second-order valence-corrected chi connectivity index (χ2v) is 3.35. The van der Waals surface area contributed by atoms with E-state index in [1.807, 2.05) is 12.3 Å². The molecule has 0 saturated carbocycles. The van der Waals surface area contributed by atoms with Gasteiger partial charge in [0, 0.05) is 17.2 Å². The second kappa shape index (κ2) is 4.50. The molecule has 0 spiro atoms. The molecule has 1 rings (SSSR count). The summed E-state index contributed by atoms with van der Waals surface area (Å²) in [5, 5.41) is 1.06. The van der Waals surface area contributed by atoms with Crippen LogP contribution in [-0.4, -0.2) is 10.3 Å². The lowest BCUT2D eigenvalue weighted by molar-refractivity contribution is 0.884. The number of aromatic nitrogens is 1. The fraction of sp³-hybridized carbons (Fsp3) is 0.444. The summed E-state index contributed by atoms with van der Waals surface area (Å²) in [5.74, 6) is 0. The Morgan fingerprint density at radius 2 is 2.36 bits per heavy atom. The maximum Gasteiger partial charge on any atom is 0.0433 e. The standard InChI is InChI=1S/C9H12BrN/c1-8-4-3-7-11-9(8)5-2-6-10/h3-4,7H,2,5-6H2,1H3. The number of alkyl halides is 1. The van der Waals surface area contributed by atoms with E-state index in [0.717, 1.165) is 18.2 Å². The molecule has 1 nitrogen and oxygen atoms in total. The van der Waals surface area contributed by atoms with Gasteiger partial charge >= 0.3 is 0 Å². The smallest absolute Gasteiger partial charge is 0.0433 e. The van der Waals surface area contributed by atoms with Gasteiger partial charge in [-0.1, -0.05) is 22.0 Å². The summed E-state index contributed by atoms with van der Waals surface area (Å²) >= 11 is 3.40. The molecular formula is C9H12BrN. The molecule has 2 heteroatoms. The SMILES string of the molecule is Cc1cccnc1CCCBr. The third-order valence-electron chi connectivity index (χ3n) is 1.67. The predicted octanol–water partition coefficient (Wildman–Crippen LogP) is 2.72. The Morgan fingerprint density at radius 1 is 1.55 bits per heavy atom. The summed E-state index contributed by atoms with van der Waals surface area (Å²) in [5.41, 5.74) is 2.53. The van der Waals surface area contributed by atoms with Crippen molar-refractivity contribution in [1.82, 2.24) is 4.98 Å². The number of rotatable bonds is 3. The third-order valence-corrected chi connectivity index (χ3v) is 2.23. The molecule has 1 aromatic rings. The lowest BCUT2D eigenvalue weighted by atomic mass is 10.1. The maximum absolute atomic E-state index is 4.29. The van der Waals surface area contributed by atoms with Crippen LogP contribution in [0, 0.1) is 6.92 Å². The molecule has 0 fully saturated rings. The van der Waals surface area contributed by atoms with Crippen LogP contribution in [0.3, 0.4) is 0 Å². The summed E-state index contributed by atoms with van der Waals surface area (Å²) in [6.45, 7) is 2.11. The van der Waals surface area contributed by atoms with E-state index in [1.165, 1.54) is 11.3 Å². The number of aryl methyl sites for hydroxylation is 2. The van der Waals surface area contributed by atoms with E-state index in [0.29, 0.717) is 0 Å². The summed E-state index contributed by atoms with van der Waals surface area (Å²) < 4.78 is 0. The number of nitrogens with zero attached hydrogens (tertiary/aromatic N) is 1. The van der Waals surface area contributed by atoms with Crippen LogP contribution < -0.4 is 0 Å². The zero-order valence-electron chi connectivity index (χ0n) is 6.68. The molecule has 0 aliphatic rings. The van der Waals surface area contributed by atoms with Crippen molar-refractivity contribution in [3.05, 3.63) is 29.6 Å². The van der Waals surface area contributed by atoms with Gasteiger partial charge < -0.3 is 0 Å². The predicted molar refractivity (Wildman–Crippen MR) is 51.1 cm³/mol. The Morgan fingerprint density at radius 3 is 3.00 bits per heavy atom. The summed E-state index contributed by atoms with van der Waals surface area (Å²) in [6, 6.07) is 4.09. The number of hydrogen-bond acceptors (Lipinski definition) is 1. The molecular weight excluding hydrogens is 202 g/mol. The van der Waals surface area contributed by atoms with Crippen molar-refractivity contribution >= 4 is 15.9 Å². The van der Waals surface area contributed by atoms with Gasteiger partial charge in [-0.2, -0.15) is 0 Å². The molecule has 0 unspecified atom stereocenters. The Kier molecular flexibility index (Phi) is 3.57. The molecule has 1 aromatic heterocycles. The van der Waals surface area contributed by atoms with Crippen LogP contribution >= 0.6 is 15.9 Å². The first-order valence-electron chi connectivity index (χ1n) is 3.81. The van der Waals surface area contributed by atoms with E-state index < -0.39 is 0 Å². The van der Waals surface area contributed by atoms with Gasteiger partial charge in [-0.05, 0) is 31.4 Å². The zero-order chi connectivity index (χ0) is 8.10. The average Bonchev–Trinajstić information content (AvgIpc) is 2.03. The van der Waals surface area contributed by atoms with E-state index in [9.17, 15) is 0 Å². The van der Waals surface area contributed by atoms with Crippen LogP contribution in [0.15, 0.2) is 18.3 Å². The lowest BCUT2D eigenvalue weighted by Gasteiger charge is -2.01. The minimum absolute atomic E-state index is 1.06. The quantitative estimate of drug-likeness (QED) is 0.705. The summed E-state index contributed by atoms with van der Waals surface area (Å²) in [7, 11) is 0. The van der Waals surface area contributed by atoms with Gasteiger partial charge in [0.05, 0.1) is 0 Å². The van der Waals surface area contributed by atoms with E-state index in [2.05, 4.69) is 33.9 Å². The first kappa shape index (κ1) is 8.72. The Hall–Kier alpha value is -0.370. The fourth-order valence-electron chi connectivity index (χ4n) is 1.01. The van der Waals surface area contributed by atoms with E-state index >= 15 is 0 Å². The van der Waals surface area contributed by atoms with Crippen molar-refractivity contribution < 1.29 is 0 Å². The molecule has 0 radical (unpaired) electrons. The minimum Gasteiger partial charge on any atom is -0.261 e. The molecule has 1 heterocycles. The maximum atomic E-state index is 4.29. The summed E-state index contributed by atoms with van der Waals surface area (Å²) in [6.07, 6.45) is 4.10. The van der Waals surface area contributed by atoms with Crippen LogP contribution in [-0.2, 0) is 6.42 Å². The fourth-order valence-corrected chi connectivity index (χ4v) is 1.29. The van der Waals surface area contributed by atoms with Crippen molar-refractivity contribution in [3.63, 3.8) is 0 Å². The van der Waals surface area contributed by atoms with Crippen LogP contribution in [0.4, 0.5) is 0 Å². The highest BCUT2D eigenvalue weighted by Crippen LogP contribution is 2.06. The van der Waals surface area contributed by atoms with Gasteiger partial charge in [0.2, 0.25) is 0 Å². The topological polar surface area (TPSA) is 12.9 Å². The average molecular weight is 214 g/mol. The first-order valence-corrected chi connectivity index (χ1v) is 4.93. The van der Waals surface area contributed by atoms with E-state index in [1.54, 1.807) is 0 Å². The lowest BCUT2D eigenvalue weighted by Crippen LogP contribution is -1.93. The number of halogens is 1. The van der Waals surface area contributed by atoms with Crippen LogP contribution in [0.1, 0.15) is 17.7 Å². The number of hydrogen-bond donors (Lipinski definition) is 0. The monoisotopic (exact) mass is 213 g/mol. The van der Waals surface area contributed by atoms with Crippen LogP contribution in [0.2, 0.25) is 0 Å². The molecule has 0 N–H and O–H groups in total. The highest BCUT2D eigenvalue weighted by molar-refractivity contribution is 9.09. The Bertz CT molecular complexity index is 223. The first-order chi connectivity index (χ1) is 5.34. The van der Waals surface area contributed by atoms with Crippen molar-refractivity contribution in [2.45, 2.75) is 19.8 Å². The highest BCUT2D eigenvalue weighted by atomic mass is 79.9. The molecule has 0 bridgehead atoms. The third kappa shape index (κ3) is 2.62. The minimum atomic E-state index is 1.06. The zero-order valence-corrected chi connectivity index (χ0v) is 8.26. The van der Waals surface area contributed by atoms with Gasteiger partial charge in [0.15, 0.2) is 0 Å². The Labute approximate surface area is 76.0 Å². The molecule has 11 heavy (non-hydrogen) atoms. The van der Waals surface area contributed by atoms with Crippen LogP contribution in [0.5, 0.6) is 0 Å². The molecule has 0 saturated heterocycles. The molecule has 0 amide bonds.